The number of methoxy groups -OCH3 is 1. The molecule has 0 aliphatic carbocycles. The van der Waals surface area contributed by atoms with Crippen molar-refractivity contribution in [2.75, 3.05) is 12.4 Å². The Morgan fingerprint density at radius 2 is 1.55 bits per heavy atom. The van der Waals surface area contributed by atoms with Crippen molar-refractivity contribution in [2.24, 2.45) is 0 Å². The predicted molar refractivity (Wildman–Crippen MR) is 119 cm³/mol. The zero-order chi connectivity index (χ0) is 20.1. The third kappa shape index (κ3) is 4.30. The Labute approximate surface area is 172 Å². The quantitative estimate of drug-likeness (QED) is 0.428. The molecule has 3 aromatic carbocycles. The first-order valence-electron chi connectivity index (χ1n) is 9.72. The fraction of sp³-hybridized carbons (Fsp3) is 0.115. The molecule has 0 aliphatic rings. The van der Waals surface area contributed by atoms with E-state index in [2.05, 4.69) is 71.8 Å². The average Bonchev–Trinajstić information content (AvgIpc) is 2.78. The Kier molecular flexibility index (Phi) is 5.57. The van der Waals surface area contributed by atoms with Crippen molar-refractivity contribution in [2.45, 2.75) is 13.0 Å². The molecule has 29 heavy (non-hydrogen) atoms. The summed E-state index contributed by atoms with van der Waals surface area (Å²) in [5.41, 5.74) is 6.73. The zero-order valence-corrected chi connectivity index (χ0v) is 16.7. The molecular weight excluding hydrogens is 356 g/mol. The van der Waals surface area contributed by atoms with Crippen LogP contribution in [0, 0.1) is 6.92 Å². The predicted octanol–water partition coefficient (Wildman–Crippen LogP) is 6.27. The van der Waals surface area contributed by atoms with E-state index in [0.717, 1.165) is 22.7 Å². The van der Waals surface area contributed by atoms with Crippen molar-refractivity contribution >= 4 is 5.69 Å². The smallest absolute Gasteiger partial charge is 0.119 e. The molecule has 1 atom stereocenters. The van der Waals surface area contributed by atoms with E-state index in [0.29, 0.717) is 0 Å². The molecule has 4 aromatic rings. The molecule has 0 unspecified atom stereocenters. The summed E-state index contributed by atoms with van der Waals surface area (Å²) < 4.78 is 5.30. The summed E-state index contributed by atoms with van der Waals surface area (Å²) in [7, 11) is 1.68. The average molecular weight is 380 g/mol. The summed E-state index contributed by atoms with van der Waals surface area (Å²) in [6.07, 6.45) is 1.87. The zero-order valence-electron chi connectivity index (χ0n) is 16.7. The van der Waals surface area contributed by atoms with Crippen LogP contribution in [-0.4, -0.2) is 12.1 Å². The van der Waals surface area contributed by atoms with Crippen LogP contribution in [0.1, 0.15) is 22.7 Å². The van der Waals surface area contributed by atoms with E-state index in [1.54, 1.807) is 7.11 Å². The maximum absolute atomic E-state index is 5.30. The van der Waals surface area contributed by atoms with Crippen molar-refractivity contribution in [3.63, 3.8) is 0 Å². The highest BCUT2D eigenvalue weighted by molar-refractivity contribution is 5.67. The lowest BCUT2D eigenvalue weighted by molar-refractivity contribution is 0.415. The first kappa shape index (κ1) is 18.8. The van der Waals surface area contributed by atoms with Crippen LogP contribution in [0.5, 0.6) is 5.75 Å². The van der Waals surface area contributed by atoms with Gasteiger partial charge in [-0.15, -0.1) is 0 Å². The van der Waals surface area contributed by atoms with Crippen molar-refractivity contribution in [1.82, 2.24) is 4.98 Å². The number of rotatable bonds is 6. The summed E-state index contributed by atoms with van der Waals surface area (Å²) in [4.78, 5) is 4.63. The van der Waals surface area contributed by atoms with Crippen molar-refractivity contribution in [1.29, 1.82) is 0 Å². The molecule has 1 heterocycles. The summed E-state index contributed by atoms with van der Waals surface area (Å²) >= 11 is 0. The van der Waals surface area contributed by atoms with Gasteiger partial charge >= 0.3 is 0 Å². The number of benzene rings is 3. The first-order valence-corrected chi connectivity index (χ1v) is 9.72. The van der Waals surface area contributed by atoms with Gasteiger partial charge in [-0.1, -0.05) is 54.6 Å². The van der Waals surface area contributed by atoms with E-state index >= 15 is 0 Å². The monoisotopic (exact) mass is 380 g/mol. The molecule has 0 spiro atoms. The minimum absolute atomic E-state index is 0.0110. The molecule has 0 radical (unpaired) electrons. The van der Waals surface area contributed by atoms with E-state index in [-0.39, 0.29) is 6.04 Å². The standard InChI is InChI=1S/C26H24N2O/c1-19-16-17-27-25(18-19)23-10-6-7-11-24(23)26(20-8-4-3-5-9-20)28-21-12-14-22(29-2)15-13-21/h3-18,26,28H,1-2H3/t26-/m0/s1. The molecule has 144 valence electrons. The van der Waals surface area contributed by atoms with Crippen LogP contribution in [0.25, 0.3) is 11.3 Å². The largest absolute Gasteiger partial charge is 0.497 e. The van der Waals surface area contributed by atoms with Gasteiger partial charge in [0, 0.05) is 17.4 Å². The lowest BCUT2D eigenvalue weighted by atomic mass is 9.92. The number of nitrogens with one attached hydrogen (secondary N) is 1. The SMILES string of the molecule is COc1ccc(N[C@@H](c2ccccc2)c2ccccc2-c2cc(C)ccn2)cc1. The number of hydrogen-bond acceptors (Lipinski definition) is 3. The molecule has 0 aliphatic heterocycles. The lowest BCUT2D eigenvalue weighted by Gasteiger charge is -2.24. The van der Waals surface area contributed by atoms with Crippen LogP contribution in [0.2, 0.25) is 0 Å². The first-order chi connectivity index (χ1) is 14.2. The molecular formula is C26H24N2O. The van der Waals surface area contributed by atoms with Crippen molar-refractivity contribution < 1.29 is 4.74 Å². The van der Waals surface area contributed by atoms with Gasteiger partial charge in [-0.25, -0.2) is 0 Å². The Morgan fingerprint density at radius 3 is 2.28 bits per heavy atom. The van der Waals surface area contributed by atoms with Gasteiger partial charge in [0.2, 0.25) is 0 Å². The topological polar surface area (TPSA) is 34.1 Å². The number of anilines is 1. The summed E-state index contributed by atoms with van der Waals surface area (Å²) in [5.74, 6) is 0.844. The molecule has 1 aromatic heterocycles. The van der Waals surface area contributed by atoms with Crippen LogP contribution in [0.4, 0.5) is 5.69 Å². The van der Waals surface area contributed by atoms with Gasteiger partial charge in [-0.3, -0.25) is 4.98 Å². The van der Waals surface area contributed by atoms with Crippen molar-refractivity contribution in [3.8, 4) is 17.0 Å². The van der Waals surface area contributed by atoms with Gasteiger partial charge in [0.15, 0.2) is 0 Å². The number of aryl methyl sites for hydroxylation is 1. The molecule has 1 N–H and O–H groups in total. The van der Waals surface area contributed by atoms with Gasteiger partial charge in [-0.05, 0) is 60.0 Å². The minimum atomic E-state index is -0.0110. The van der Waals surface area contributed by atoms with E-state index < -0.39 is 0 Å². The molecule has 0 saturated carbocycles. The molecule has 3 heteroatoms. The maximum atomic E-state index is 5.30. The van der Waals surface area contributed by atoms with Gasteiger partial charge in [0.05, 0.1) is 18.8 Å². The molecule has 0 bridgehead atoms. The Balaban J connectivity index is 1.80. The van der Waals surface area contributed by atoms with E-state index in [1.165, 1.54) is 16.7 Å². The second-order valence-corrected chi connectivity index (χ2v) is 7.02. The van der Waals surface area contributed by atoms with Crippen LogP contribution in [0.15, 0.2) is 97.2 Å². The maximum Gasteiger partial charge on any atom is 0.119 e. The highest BCUT2D eigenvalue weighted by Crippen LogP contribution is 2.34. The number of nitrogens with zero attached hydrogens (tertiary/aromatic N) is 1. The fourth-order valence-electron chi connectivity index (χ4n) is 3.51. The summed E-state index contributed by atoms with van der Waals surface area (Å²) in [6, 6.07) is 31.1. The number of ether oxygens (including phenoxy) is 1. The third-order valence-corrected chi connectivity index (χ3v) is 5.00. The van der Waals surface area contributed by atoms with Crippen LogP contribution >= 0.6 is 0 Å². The highest BCUT2D eigenvalue weighted by Gasteiger charge is 2.19. The Bertz CT molecular complexity index is 1080. The molecule has 0 amide bonds. The Morgan fingerprint density at radius 1 is 0.828 bits per heavy atom. The molecule has 0 saturated heterocycles. The second kappa shape index (κ2) is 8.61. The van der Waals surface area contributed by atoms with E-state index in [9.17, 15) is 0 Å². The van der Waals surface area contributed by atoms with Gasteiger partial charge in [0.1, 0.15) is 5.75 Å². The van der Waals surface area contributed by atoms with Crippen molar-refractivity contribution in [3.05, 3.63) is 114 Å². The van der Waals surface area contributed by atoms with Crippen LogP contribution < -0.4 is 10.1 Å². The van der Waals surface area contributed by atoms with Gasteiger partial charge in [0.25, 0.3) is 0 Å². The van der Waals surface area contributed by atoms with E-state index in [1.807, 2.05) is 42.6 Å². The highest BCUT2D eigenvalue weighted by atomic mass is 16.5. The van der Waals surface area contributed by atoms with Gasteiger partial charge < -0.3 is 10.1 Å². The Hall–Kier alpha value is -3.59. The normalized spacial score (nSPS) is 11.7. The minimum Gasteiger partial charge on any atom is -0.497 e. The number of pyridine rings is 1. The third-order valence-electron chi connectivity index (χ3n) is 5.00. The summed E-state index contributed by atoms with van der Waals surface area (Å²) in [6.45, 7) is 2.10. The molecule has 0 fully saturated rings. The summed E-state index contributed by atoms with van der Waals surface area (Å²) in [5, 5.41) is 3.70. The van der Waals surface area contributed by atoms with E-state index in [4.69, 9.17) is 4.74 Å². The molecule has 3 nitrogen and oxygen atoms in total. The lowest BCUT2D eigenvalue weighted by Crippen LogP contribution is -2.13. The van der Waals surface area contributed by atoms with Gasteiger partial charge in [-0.2, -0.15) is 0 Å². The number of hydrogen-bond donors (Lipinski definition) is 1. The number of aromatic nitrogens is 1. The fourth-order valence-corrected chi connectivity index (χ4v) is 3.51. The van der Waals surface area contributed by atoms with Crippen LogP contribution in [-0.2, 0) is 0 Å². The molecule has 4 rings (SSSR count). The van der Waals surface area contributed by atoms with Crippen LogP contribution in [0.3, 0.4) is 0 Å². The second-order valence-electron chi connectivity index (χ2n) is 7.02.